The summed E-state index contributed by atoms with van der Waals surface area (Å²) < 4.78 is 50.4. The molecule has 1 spiro atoms. The number of rotatable bonds is 0. The lowest BCUT2D eigenvalue weighted by molar-refractivity contribution is -0.577. The molecule has 24 heavy (non-hydrogen) atoms. The van der Waals surface area contributed by atoms with E-state index in [4.69, 9.17) is 19.2 Å². The van der Waals surface area contributed by atoms with E-state index in [0.717, 1.165) is 12.8 Å². The summed E-state index contributed by atoms with van der Waals surface area (Å²) in [6, 6.07) is 0. The van der Waals surface area contributed by atoms with E-state index in [2.05, 4.69) is 22.9 Å². The molecule has 5 fully saturated rings. The molecule has 4 heterocycles. The zero-order valence-electron chi connectivity index (χ0n) is 13.9. The molecule has 0 unspecified atom stereocenters. The summed E-state index contributed by atoms with van der Waals surface area (Å²) in [5, 5.41) is 0. The Kier molecular flexibility index (Phi) is 3.72. The van der Waals surface area contributed by atoms with E-state index in [0.29, 0.717) is 18.8 Å². The Morgan fingerprint density at radius 3 is 2.38 bits per heavy atom. The third-order valence-corrected chi connectivity index (χ3v) is 7.99. The van der Waals surface area contributed by atoms with Crippen molar-refractivity contribution in [1.82, 2.24) is 0 Å². The van der Waals surface area contributed by atoms with Crippen LogP contribution in [-0.4, -0.2) is 28.4 Å². The Morgan fingerprint density at radius 1 is 1.00 bits per heavy atom. The average Bonchev–Trinajstić information content (AvgIpc) is 2.70. The summed E-state index contributed by atoms with van der Waals surface area (Å²) >= 11 is 2.87. The number of hydrogen-bond donors (Lipinski definition) is 0. The smallest absolute Gasteiger partial charge is 0.322 e. The summed E-state index contributed by atoms with van der Waals surface area (Å²) in [6.45, 7) is 5.40. The fraction of sp³-hybridized carbons (Fsp3) is 1.00. The van der Waals surface area contributed by atoms with Crippen LogP contribution in [0.3, 0.4) is 0 Å². The Hall–Kier alpha value is 0.110. The van der Waals surface area contributed by atoms with Crippen LogP contribution in [0.4, 0.5) is 13.2 Å². The van der Waals surface area contributed by atoms with Gasteiger partial charge in [0.05, 0.1) is 0 Å². The Bertz CT molecular complexity index is 546. The van der Waals surface area contributed by atoms with Gasteiger partial charge in [-0.15, -0.1) is 0 Å². The number of alkyl halides is 4. The van der Waals surface area contributed by atoms with Crippen LogP contribution in [0, 0.1) is 23.7 Å². The molecule has 1 saturated carbocycles. The third kappa shape index (κ3) is 2.06. The molecular weight excluding hydrogens is 393 g/mol. The second-order valence-corrected chi connectivity index (χ2v) is 9.14. The quantitative estimate of drug-likeness (QED) is 0.431. The summed E-state index contributed by atoms with van der Waals surface area (Å²) in [4.78, 5) is 11.4. The molecule has 2 bridgehead atoms. The van der Waals surface area contributed by atoms with Crippen LogP contribution in [0.5, 0.6) is 0 Å². The molecule has 8 heteroatoms. The molecule has 5 rings (SSSR count). The van der Waals surface area contributed by atoms with E-state index in [9.17, 15) is 13.2 Å². The van der Waals surface area contributed by atoms with Crippen LogP contribution >= 0.6 is 15.9 Å². The van der Waals surface area contributed by atoms with Crippen LogP contribution in [0.15, 0.2) is 0 Å². The van der Waals surface area contributed by atoms with Gasteiger partial charge in [0.15, 0.2) is 11.9 Å². The minimum absolute atomic E-state index is 0.0540. The topological polar surface area (TPSA) is 36.9 Å². The molecular formula is C16H22BrF3O4. The first-order valence-electron chi connectivity index (χ1n) is 8.51. The zero-order valence-corrected chi connectivity index (χ0v) is 15.4. The van der Waals surface area contributed by atoms with Gasteiger partial charge >= 0.3 is 6.18 Å². The van der Waals surface area contributed by atoms with E-state index in [1.807, 2.05) is 0 Å². The van der Waals surface area contributed by atoms with E-state index in [-0.39, 0.29) is 11.8 Å². The SMILES string of the molecule is C[C@@H]1CC[C@H]2[C@@H](C)[C@](Br)(C(F)(F)F)O[C@H]3O[C@]4(C)CC[C@@H]1[C@]32OO4. The number of halogens is 4. The van der Waals surface area contributed by atoms with Gasteiger partial charge in [0, 0.05) is 18.3 Å². The molecule has 0 amide bonds. The molecule has 4 nitrogen and oxygen atoms in total. The van der Waals surface area contributed by atoms with Crippen molar-refractivity contribution in [1.29, 1.82) is 0 Å². The standard InChI is InChI=1S/C16H22BrF3O4/c1-8-4-5-11-9(2)15(17,16(18,19)20)22-12-14(11)10(8)6-7-13(3,21-12)23-24-14/h8-12H,4-7H2,1-3H3/t8-,9-,10+,11+,12-,13+,14-,15-/m1/s1. The van der Waals surface area contributed by atoms with Crippen molar-refractivity contribution in [2.45, 2.75) is 74.8 Å². The third-order valence-electron chi connectivity index (χ3n) is 6.63. The number of fused-ring (bicyclic) bond motifs is 2. The van der Waals surface area contributed by atoms with Gasteiger partial charge in [-0.25, -0.2) is 9.78 Å². The first-order valence-corrected chi connectivity index (χ1v) is 9.31. The number of hydrogen-bond acceptors (Lipinski definition) is 4. The van der Waals surface area contributed by atoms with Gasteiger partial charge in [0.2, 0.25) is 10.3 Å². The maximum Gasteiger partial charge on any atom is 0.427 e. The van der Waals surface area contributed by atoms with E-state index < -0.39 is 34.3 Å². The molecule has 4 saturated heterocycles. The van der Waals surface area contributed by atoms with Gasteiger partial charge in [-0.05, 0) is 54.0 Å². The van der Waals surface area contributed by atoms with Gasteiger partial charge in [-0.3, -0.25) is 0 Å². The molecule has 0 radical (unpaired) electrons. The minimum Gasteiger partial charge on any atom is -0.322 e. The lowest BCUT2D eigenvalue weighted by Gasteiger charge is -2.62. The maximum atomic E-state index is 13.8. The van der Waals surface area contributed by atoms with Crippen LogP contribution in [0.25, 0.3) is 0 Å². The first kappa shape index (κ1) is 17.5. The van der Waals surface area contributed by atoms with Crippen molar-refractivity contribution in [3.8, 4) is 0 Å². The van der Waals surface area contributed by atoms with Gasteiger partial charge in [0.1, 0.15) is 0 Å². The van der Waals surface area contributed by atoms with Gasteiger partial charge in [-0.2, -0.15) is 13.2 Å². The predicted octanol–water partition coefficient (Wildman–Crippen LogP) is 4.52. The fourth-order valence-corrected chi connectivity index (χ4v) is 5.72. The van der Waals surface area contributed by atoms with Crippen LogP contribution in [-0.2, 0) is 19.2 Å². The first-order chi connectivity index (χ1) is 11.0. The van der Waals surface area contributed by atoms with Crippen molar-refractivity contribution in [3.05, 3.63) is 0 Å². The van der Waals surface area contributed by atoms with Crippen molar-refractivity contribution in [2.75, 3.05) is 0 Å². The summed E-state index contributed by atoms with van der Waals surface area (Å²) in [6.07, 6.45) is -2.79. The molecule has 0 aromatic carbocycles. The van der Waals surface area contributed by atoms with E-state index >= 15 is 0 Å². The second kappa shape index (κ2) is 5.09. The van der Waals surface area contributed by atoms with Crippen LogP contribution in [0.1, 0.15) is 46.5 Å². The van der Waals surface area contributed by atoms with Gasteiger partial charge in [-0.1, -0.05) is 13.8 Å². The minimum atomic E-state index is -4.55. The lowest BCUT2D eigenvalue weighted by Crippen LogP contribution is -2.74. The molecule has 4 aliphatic heterocycles. The molecule has 5 aliphatic rings. The number of ether oxygens (including phenoxy) is 2. The highest BCUT2D eigenvalue weighted by Crippen LogP contribution is 2.65. The highest BCUT2D eigenvalue weighted by Gasteiger charge is 2.75. The highest BCUT2D eigenvalue weighted by molar-refractivity contribution is 9.10. The van der Waals surface area contributed by atoms with Gasteiger partial charge < -0.3 is 9.47 Å². The summed E-state index contributed by atoms with van der Waals surface area (Å²) in [5.41, 5.74) is -0.977. The zero-order chi connectivity index (χ0) is 17.5. The normalized spacial score (nSPS) is 57.4. The van der Waals surface area contributed by atoms with E-state index in [1.165, 1.54) is 0 Å². The molecule has 0 N–H and O–H groups in total. The molecule has 0 aromatic heterocycles. The van der Waals surface area contributed by atoms with Gasteiger partial charge in [0.25, 0.3) is 0 Å². The predicted molar refractivity (Wildman–Crippen MR) is 80.8 cm³/mol. The van der Waals surface area contributed by atoms with Crippen molar-refractivity contribution >= 4 is 15.9 Å². The monoisotopic (exact) mass is 414 g/mol. The van der Waals surface area contributed by atoms with Crippen molar-refractivity contribution in [2.24, 2.45) is 23.7 Å². The Morgan fingerprint density at radius 2 is 1.71 bits per heavy atom. The molecule has 1 aliphatic carbocycles. The Labute approximate surface area is 147 Å². The fourth-order valence-electron chi connectivity index (χ4n) is 5.23. The maximum absolute atomic E-state index is 13.8. The molecule has 0 aromatic rings. The average molecular weight is 415 g/mol. The summed E-state index contributed by atoms with van der Waals surface area (Å²) in [5.74, 6) is -1.88. The second-order valence-electron chi connectivity index (χ2n) is 7.96. The van der Waals surface area contributed by atoms with E-state index in [1.54, 1.807) is 13.8 Å². The Balaban J connectivity index is 1.84. The lowest BCUT2D eigenvalue weighted by atomic mass is 9.57. The van der Waals surface area contributed by atoms with Crippen molar-refractivity contribution in [3.63, 3.8) is 0 Å². The van der Waals surface area contributed by atoms with Crippen LogP contribution in [0.2, 0.25) is 0 Å². The molecule has 8 atom stereocenters. The highest BCUT2D eigenvalue weighted by atomic mass is 79.9. The molecule has 138 valence electrons. The van der Waals surface area contributed by atoms with Crippen molar-refractivity contribution < 1.29 is 32.4 Å². The summed E-state index contributed by atoms with van der Waals surface area (Å²) in [7, 11) is 0. The van der Waals surface area contributed by atoms with Crippen LogP contribution < -0.4 is 0 Å². The largest absolute Gasteiger partial charge is 0.427 e.